The minimum absolute atomic E-state index is 0.466. The Hall–Kier alpha value is -1.10. The van der Waals surface area contributed by atoms with E-state index < -0.39 is 0 Å². The lowest BCUT2D eigenvalue weighted by Crippen LogP contribution is -2.39. The number of nitrogens with zero attached hydrogens (tertiary/aromatic N) is 4. The molecule has 0 aliphatic rings. The molecule has 0 saturated heterocycles. The second-order valence-corrected chi connectivity index (χ2v) is 7.10. The number of rotatable bonds is 18. The summed E-state index contributed by atoms with van der Waals surface area (Å²) in [6.07, 6.45) is 15.3. The quantitative estimate of drug-likeness (QED) is 0.191. The van der Waals surface area contributed by atoms with Crippen molar-refractivity contribution in [3.05, 3.63) is 0 Å². The van der Waals surface area contributed by atoms with Crippen molar-refractivity contribution in [2.75, 3.05) is 32.8 Å². The molecule has 0 aliphatic heterocycles. The molecule has 0 aliphatic carbocycles. The highest BCUT2D eigenvalue weighted by molar-refractivity contribution is 4.80. The van der Waals surface area contributed by atoms with Crippen LogP contribution in [0.4, 0.5) is 0 Å². The first-order valence-electron chi connectivity index (χ1n) is 10.5. The van der Waals surface area contributed by atoms with Crippen LogP contribution in [0.2, 0.25) is 0 Å². The average molecular weight is 349 g/mol. The van der Waals surface area contributed by atoms with E-state index in [1.807, 2.05) is 0 Å². The van der Waals surface area contributed by atoms with Gasteiger partial charge >= 0.3 is 0 Å². The summed E-state index contributed by atoms with van der Waals surface area (Å²) in [5.41, 5.74) is 0. The van der Waals surface area contributed by atoms with Gasteiger partial charge in [-0.15, -0.1) is 0 Å². The monoisotopic (exact) mass is 348 g/mol. The second-order valence-electron chi connectivity index (χ2n) is 7.10. The zero-order valence-corrected chi connectivity index (χ0v) is 16.8. The summed E-state index contributed by atoms with van der Waals surface area (Å²) < 4.78 is 0. The molecule has 0 aromatic rings. The third-order valence-electron chi connectivity index (χ3n) is 4.64. The van der Waals surface area contributed by atoms with Crippen LogP contribution in [0.5, 0.6) is 0 Å². The maximum atomic E-state index is 9.07. The number of hydrogen-bond acceptors (Lipinski definition) is 4. The van der Waals surface area contributed by atoms with Crippen LogP contribution in [0.25, 0.3) is 0 Å². The molecule has 0 fully saturated rings. The van der Waals surface area contributed by atoms with Gasteiger partial charge in [-0.05, 0) is 12.8 Å². The zero-order valence-electron chi connectivity index (χ0n) is 16.8. The van der Waals surface area contributed by atoms with E-state index in [1.54, 1.807) is 0 Å². The number of hydrogen-bond donors (Lipinski definition) is 0. The molecule has 0 spiro atoms. The Morgan fingerprint density at radius 2 is 0.920 bits per heavy atom. The maximum Gasteiger partial charge on any atom is 0.0876 e. The Morgan fingerprint density at radius 1 is 0.560 bits per heavy atom. The molecule has 0 radical (unpaired) electrons. The Bertz CT molecular complexity index is 322. The summed E-state index contributed by atoms with van der Waals surface area (Å²) in [6, 6.07) is 4.57. The molecule has 0 saturated carbocycles. The summed E-state index contributed by atoms with van der Waals surface area (Å²) in [6.45, 7) is 8.10. The lowest BCUT2D eigenvalue weighted by molar-refractivity contribution is 0.152. The Kier molecular flexibility index (Phi) is 18.4. The van der Waals surface area contributed by atoms with Gasteiger partial charge in [0.2, 0.25) is 0 Å². The minimum atomic E-state index is 0.466. The molecule has 0 aromatic heterocycles. The Morgan fingerprint density at radius 3 is 1.28 bits per heavy atom. The van der Waals surface area contributed by atoms with Gasteiger partial charge < -0.3 is 0 Å². The van der Waals surface area contributed by atoms with Crippen molar-refractivity contribution in [1.82, 2.24) is 9.80 Å². The summed E-state index contributed by atoms with van der Waals surface area (Å²) in [5, 5.41) is 18.1. The normalized spacial score (nSPS) is 11.0. The molecule has 0 amide bonds. The molecular weight excluding hydrogens is 308 g/mol. The zero-order chi connectivity index (χ0) is 18.6. The Labute approximate surface area is 156 Å². The van der Waals surface area contributed by atoms with Gasteiger partial charge in [-0.3, -0.25) is 9.80 Å². The van der Waals surface area contributed by atoms with Crippen molar-refractivity contribution >= 4 is 0 Å². The van der Waals surface area contributed by atoms with Crippen LogP contribution >= 0.6 is 0 Å². The smallest absolute Gasteiger partial charge is 0.0876 e. The molecule has 0 N–H and O–H groups in total. The maximum absolute atomic E-state index is 9.07. The van der Waals surface area contributed by atoms with Gasteiger partial charge in [-0.25, -0.2) is 0 Å². The first-order valence-corrected chi connectivity index (χ1v) is 10.5. The summed E-state index contributed by atoms with van der Waals surface area (Å²) in [5.74, 6) is 0. The highest BCUT2D eigenvalue weighted by atomic mass is 15.3. The lowest BCUT2D eigenvalue weighted by Gasteiger charge is -2.27. The molecule has 0 heterocycles. The average Bonchev–Trinajstić information content (AvgIpc) is 2.61. The Balaban J connectivity index is 4.04. The van der Waals surface area contributed by atoms with Gasteiger partial charge in [0.25, 0.3) is 0 Å². The first kappa shape index (κ1) is 23.9. The highest BCUT2D eigenvalue weighted by Crippen LogP contribution is 2.08. The lowest BCUT2D eigenvalue weighted by atomic mass is 10.1. The fraction of sp³-hybridized carbons (Fsp3) is 0.905. The second kappa shape index (κ2) is 19.2. The van der Waals surface area contributed by atoms with Gasteiger partial charge in [0, 0.05) is 13.1 Å². The van der Waals surface area contributed by atoms with E-state index in [2.05, 4.69) is 35.8 Å². The molecule has 4 nitrogen and oxygen atoms in total. The van der Waals surface area contributed by atoms with Crippen molar-refractivity contribution in [2.24, 2.45) is 0 Å². The molecule has 25 heavy (non-hydrogen) atoms. The third kappa shape index (κ3) is 16.1. The van der Waals surface area contributed by atoms with Crippen LogP contribution in [0.15, 0.2) is 0 Å². The van der Waals surface area contributed by atoms with Crippen LogP contribution in [0, 0.1) is 22.7 Å². The van der Waals surface area contributed by atoms with Gasteiger partial charge in [-0.1, -0.05) is 78.1 Å². The van der Waals surface area contributed by atoms with Crippen LogP contribution < -0.4 is 0 Å². The third-order valence-corrected chi connectivity index (χ3v) is 4.64. The SMILES string of the molecule is CCCCCCCCN(CC#N)CN(CC#N)CCCCCCCC. The number of nitriles is 2. The number of unbranched alkanes of at least 4 members (excludes halogenated alkanes) is 10. The van der Waals surface area contributed by atoms with E-state index in [9.17, 15) is 0 Å². The van der Waals surface area contributed by atoms with Crippen molar-refractivity contribution in [2.45, 2.75) is 90.9 Å². The summed E-state index contributed by atoms with van der Waals surface area (Å²) in [4.78, 5) is 4.41. The van der Waals surface area contributed by atoms with Gasteiger partial charge in [0.15, 0.2) is 0 Å². The van der Waals surface area contributed by atoms with E-state index >= 15 is 0 Å². The van der Waals surface area contributed by atoms with E-state index in [1.165, 1.54) is 64.2 Å². The van der Waals surface area contributed by atoms with Crippen molar-refractivity contribution in [3.8, 4) is 12.1 Å². The summed E-state index contributed by atoms with van der Waals surface area (Å²) >= 11 is 0. The minimum Gasteiger partial charge on any atom is -0.277 e. The van der Waals surface area contributed by atoms with E-state index in [4.69, 9.17) is 10.5 Å². The molecule has 0 bridgehead atoms. The van der Waals surface area contributed by atoms with Gasteiger partial charge in [0.1, 0.15) is 0 Å². The molecule has 4 heteroatoms. The predicted molar refractivity (Wildman–Crippen MR) is 106 cm³/mol. The molecule has 0 rings (SSSR count). The van der Waals surface area contributed by atoms with Crippen molar-refractivity contribution < 1.29 is 0 Å². The first-order chi connectivity index (χ1) is 12.3. The molecule has 144 valence electrons. The van der Waals surface area contributed by atoms with Crippen LogP contribution in [-0.2, 0) is 0 Å². The highest BCUT2D eigenvalue weighted by Gasteiger charge is 2.11. The van der Waals surface area contributed by atoms with Gasteiger partial charge in [-0.2, -0.15) is 10.5 Å². The van der Waals surface area contributed by atoms with E-state index in [0.29, 0.717) is 13.1 Å². The van der Waals surface area contributed by atoms with Gasteiger partial charge in [0.05, 0.1) is 31.9 Å². The molecular formula is C21H40N4. The largest absolute Gasteiger partial charge is 0.277 e. The fourth-order valence-corrected chi connectivity index (χ4v) is 3.11. The van der Waals surface area contributed by atoms with Crippen LogP contribution in [0.3, 0.4) is 0 Å². The molecule has 0 atom stereocenters. The summed E-state index contributed by atoms with van der Waals surface area (Å²) in [7, 11) is 0. The predicted octanol–water partition coefficient (Wildman–Crippen LogP) is 5.32. The van der Waals surface area contributed by atoms with E-state index in [-0.39, 0.29) is 0 Å². The topological polar surface area (TPSA) is 54.1 Å². The van der Waals surface area contributed by atoms with Crippen molar-refractivity contribution in [3.63, 3.8) is 0 Å². The fourth-order valence-electron chi connectivity index (χ4n) is 3.11. The standard InChI is InChI=1S/C21H40N4/c1-3-5-7-9-11-13-17-24(19-15-22)21-25(20-16-23)18-14-12-10-8-6-4-2/h3-14,17-21H2,1-2H3. The van der Waals surface area contributed by atoms with Crippen LogP contribution in [0.1, 0.15) is 90.9 Å². The van der Waals surface area contributed by atoms with Crippen LogP contribution in [-0.4, -0.2) is 42.6 Å². The van der Waals surface area contributed by atoms with Crippen molar-refractivity contribution in [1.29, 1.82) is 10.5 Å². The molecule has 0 aromatic carbocycles. The molecule has 0 unspecified atom stereocenters. The van der Waals surface area contributed by atoms with E-state index in [0.717, 1.165) is 32.6 Å².